The zero-order chi connectivity index (χ0) is 6.85. The molecule has 1 rings (SSSR count). The summed E-state index contributed by atoms with van der Waals surface area (Å²) in [5.41, 5.74) is 0. The first-order valence-corrected chi connectivity index (χ1v) is 3.36. The molecule has 1 aliphatic heterocycles. The molecule has 10 heavy (non-hydrogen) atoms. The molecule has 0 aromatic heterocycles. The highest BCUT2D eigenvalue weighted by Gasteiger charge is 2.26. The van der Waals surface area contributed by atoms with Crippen LogP contribution in [0.5, 0.6) is 0 Å². The summed E-state index contributed by atoms with van der Waals surface area (Å²) in [7, 11) is 0. The average molecular weight is 184 g/mol. The highest BCUT2D eigenvalue weighted by molar-refractivity contribution is 7.81. The standard InChI is InChI=1S/C5H9NO2S.ClH/c7-5(8)4-1-3(9)2-6-4;/h3-4,6,9H,1-2H2,(H,7,8);1H/t3-,4-;/m1./s1. The van der Waals surface area contributed by atoms with Gasteiger partial charge in [0.25, 0.3) is 0 Å². The molecular formula is C5H10ClNO2S. The summed E-state index contributed by atoms with van der Waals surface area (Å²) in [5.74, 6) is -0.772. The van der Waals surface area contributed by atoms with Crippen molar-refractivity contribution in [2.45, 2.75) is 17.7 Å². The predicted molar refractivity (Wildman–Crippen MR) is 44.1 cm³/mol. The molecule has 0 unspecified atom stereocenters. The largest absolute Gasteiger partial charge is 0.480 e. The molecule has 1 heterocycles. The van der Waals surface area contributed by atoms with Gasteiger partial charge in [-0.15, -0.1) is 12.4 Å². The summed E-state index contributed by atoms with van der Waals surface area (Å²) in [6, 6.07) is -0.368. The Morgan fingerprint density at radius 2 is 2.30 bits per heavy atom. The molecule has 0 radical (unpaired) electrons. The Labute approximate surface area is 71.0 Å². The van der Waals surface area contributed by atoms with Crippen LogP contribution in [-0.2, 0) is 4.79 Å². The molecule has 1 aliphatic rings. The van der Waals surface area contributed by atoms with Crippen LogP contribution in [-0.4, -0.2) is 28.9 Å². The van der Waals surface area contributed by atoms with Crippen molar-refractivity contribution in [3.05, 3.63) is 0 Å². The quantitative estimate of drug-likeness (QED) is 0.508. The van der Waals surface area contributed by atoms with E-state index in [4.69, 9.17) is 5.11 Å². The lowest BCUT2D eigenvalue weighted by Gasteiger charge is -1.99. The van der Waals surface area contributed by atoms with Crippen LogP contribution in [0.4, 0.5) is 0 Å². The van der Waals surface area contributed by atoms with Gasteiger partial charge in [-0.05, 0) is 6.42 Å². The number of rotatable bonds is 1. The van der Waals surface area contributed by atoms with Crippen molar-refractivity contribution in [3.8, 4) is 0 Å². The first kappa shape index (κ1) is 10.1. The third-order valence-corrected chi connectivity index (χ3v) is 1.80. The lowest BCUT2D eigenvalue weighted by atomic mass is 10.2. The molecule has 3 nitrogen and oxygen atoms in total. The Bertz CT molecular complexity index is 133. The highest BCUT2D eigenvalue weighted by atomic mass is 35.5. The van der Waals surface area contributed by atoms with Crippen LogP contribution in [0, 0.1) is 0 Å². The van der Waals surface area contributed by atoms with Crippen LogP contribution in [0.15, 0.2) is 0 Å². The number of nitrogens with one attached hydrogen (secondary N) is 1. The maximum atomic E-state index is 10.3. The molecule has 0 amide bonds. The van der Waals surface area contributed by atoms with Gasteiger partial charge in [0, 0.05) is 11.8 Å². The average Bonchev–Trinajstić information content (AvgIpc) is 2.14. The van der Waals surface area contributed by atoms with Crippen LogP contribution < -0.4 is 5.32 Å². The van der Waals surface area contributed by atoms with E-state index in [2.05, 4.69) is 17.9 Å². The molecule has 1 saturated heterocycles. The monoisotopic (exact) mass is 183 g/mol. The number of thiol groups is 1. The van der Waals surface area contributed by atoms with Crippen molar-refractivity contribution in [1.82, 2.24) is 5.32 Å². The first-order valence-electron chi connectivity index (χ1n) is 2.84. The molecular weight excluding hydrogens is 174 g/mol. The third-order valence-electron chi connectivity index (χ3n) is 1.41. The fourth-order valence-corrected chi connectivity index (χ4v) is 1.22. The Morgan fingerprint density at radius 1 is 1.70 bits per heavy atom. The molecule has 0 aromatic rings. The molecule has 0 bridgehead atoms. The fraction of sp³-hybridized carbons (Fsp3) is 0.800. The van der Waals surface area contributed by atoms with E-state index in [1.807, 2.05) is 0 Å². The van der Waals surface area contributed by atoms with Crippen molar-refractivity contribution in [1.29, 1.82) is 0 Å². The number of carbonyl (C=O) groups is 1. The summed E-state index contributed by atoms with van der Waals surface area (Å²) in [6.07, 6.45) is 0.637. The Kier molecular flexibility index (Phi) is 4.08. The molecule has 2 N–H and O–H groups in total. The van der Waals surface area contributed by atoms with E-state index in [0.29, 0.717) is 13.0 Å². The highest BCUT2D eigenvalue weighted by Crippen LogP contribution is 2.11. The van der Waals surface area contributed by atoms with E-state index in [1.165, 1.54) is 0 Å². The molecule has 0 aromatic carbocycles. The van der Waals surface area contributed by atoms with Gasteiger partial charge in [0.1, 0.15) is 6.04 Å². The minimum atomic E-state index is -0.772. The molecule has 5 heteroatoms. The van der Waals surface area contributed by atoms with Gasteiger partial charge in [-0.2, -0.15) is 12.6 Å². The van der Waals surface area contributed by atoms with E-state index >= 15 is 0 Å². The van der Waals surface area contributed by atoms with Crippen molar-refractivity contribution < 1.29 is 9.90 Å². The van der Waals surface area contributed by atoms with Crippen molar-refractivity contribution in [2.24, 2.45) is 0 Å². The van der Waals surface area contributed by atoms with Gasteiger partial charge in [0.15, 0.2) is 0 Å². The Morgan fingerprint density at radius 3 is 2.50 bits per heavy atom. The summed E-state index contributed by atoms with van der Waals surface area (Å²) in [5, 5.41) is 11.5. The number of halogens is 1. The fourth-order valence-electron chi connectivity index (χ4n) is 0.905. The van der Waals surface area contributed by atoms with Crippen LogP contribution in [0.25, 0.3) is 0 Å². The second-order valence-corrected chi connectivity index (χ2v) is 2.92. The van der Waals surface area contributed by atoms with Gasteiger partial charge >= 0.3 is 5.97 Å². The van der Waals surface area contributed by atoms with Crippen LogP contribution in [0.3, 0.4) is 0 Å². The zero-order valence-electron chi connectivity index (χ0n) is 5.28. The molecule has 0 spiro atoms. The maximum Gasteiger partial charge on any atom is 0.320 e. The number of carboxylic acid groups (broad SMARTS) is 1. The lowest BCUT2D eigenvalue weighted by molar-refractivity contribution is -0.139. The predicted octanol–water partition coefficient (Wildman–Crippen LogP) is 0.153. The normalized spacial score (nSPS) is 31.3. The Hall–Kier alpha value is 0.0700. The SMILES string of the molecule is Cl.O=C(O)[C@H]1C[C@@H](S)CN1. The minimum Gasteiger partial charge on any atom is -0.480 e. The molecule has 2 atom stereocenters. The number of aliphatic carboxylic acids is 1. The number of carboxylic acids is 1. The second-order valence-electron chi connectivity index (χ2n) is 2.19. The Balaban J connectivity index is 0.000000810. The summed E-state index contributed by atoms with van der Waals surface area (Å²) >= 11 is 4.12. The van der Waals surface area contributed by atoms with Crippen LogP contribution >= 0.6 is 25.0 Å². The van der Waals surface area contributed by atoms with Gasteiger partial charge in [-0.3, -0.25) is 4.79 Å². The van der Waals surface area contributed by atoms with Gasteiger partial charge in [0.05, 0.1) is 0 Å². The van der Waals surface area contributed by atoms with Gasteiger partial charge in [-0.1, -0.05) is 0 Å². The van der Waals surface area contributed by atoms with E-state index < -0.39 is 5.97 Å². The van der Waals surface area contributed by atoms with Crippen molar-refractivity contribution >= 4 is 31.0 Å². The van der Waals surface area contributed by atoms with Gasteiger partial charge in [0.2, 0.25) is 0 Å². The lowest BCUT2D eigenvalue weighted by Crippen LogP contribution is -2.29. The third kappa shape index (κ3) is 2.36. The summed E-state index contributed by atoms with van der Waals surface area (Å²) in [6.45, 7) is 0.708. The number of hydrogen-bond donors (Lipinski definition) is 3. The molecule has 0 saturated carbocycles. The van der Waals surface area contributed by atoms with Crippen molar-refractivity contribution in [2.75, 3.05) is 6.54 Å². The number of hydrogen-bond acceptors (Lipinski definition) is 3. The van der Waals surface area contributed by atoms with Crippen LogP contribution in [0.2, 0.25) is 0 Å². The first-order chi connectivity index (χ1) is 4.20. The summed E-state index contributed by atoms with van der Waals surface area (Å²) in [4.78, 5) is 10.3. The minimum absolute atomic E-state index is 0. The second kappa shape index (κ2) is 4.05. The van der Waals surface area contributed by atoms with Gasteiger partial charge < -0.3 is 10.4 Å². The molecule has 1 fully saturated rings. The smallest absolute Gasteiger partial charge is 0.320 e. The molecule has 60 valence electrons. The summed E-state index contributed by atoms with van der Waals surface area (Å²) < 4.78 is 0. The van der Waals surface area contributed by atoms with E-state index in [-0.39, 0.29) is 23.7 Å². The topological polar surface area (TPSA) is 49.3 Å². The van der Waals surface area contributed by atoms with E-state index in [1.54, 1.807) is 0 Å². The van der Waals surface area contributed by atoms with E-state index in [0.717, 1.165) is 0 Å². The van der Waals surface area contributed by atoms with Crippen LogP contribution in [0.1, 0.15) is 6.42 Å². The maximum absolute atomic E-state index is 10.3. The van der Waals surface area contributed by atoms with Crippen molar-refractivity contribution in [3.63, 3.8) is 0 Å². The zero-order valence-corrected chi connectivity index (χ0v) is 6.99. The van der Waals surface area contributed by atoms with Gasteiger partial charge in [-0.25, -0.2) is 0 Å². The molecule has 0 aliphatic carbocycles. The van der Waals surface area contributed by atoms with E-state index in [9.17, 15) is 4.79 Å².